The van der Waals surface area contributed by atoms with Crippen molar-refractivity contribution in [2.75, 3.05) is 17.6 Å². The van der Waals surface area contributed by atoms with Crippen LogP contribution < -0.4 is 14.8 Å². The molecule has 11 nitrogen and oxygen atoms in total. The molecule has 1 fully saturated rings. The molecule has 202 valence electrons. The predicted molar refractivity (Wildman–Crippen MR) is 145 cm³/mol. The molecule has 1 aliphatic rings. The minimum absolute atomic E-state index is 0.126. The van der Waals surface area contributed by atoms with Gasteiger partial charge in [0.1, 0.15) is 0 Å². The minimum Gasteiger partial charge on any atom is -0.362 e. The van der Waals surface area contributed by atoms with Crippen LogP contribution in [0.3, 0.4) is 0 Å². The molecule has 0 aliphatic heterocycles. The average Bonchev–Trinajstić information content (AvgIpc) is 3.41. The molecule has 39 heavy (non-hydrogen) atoms. The maximum absolute atomic E-state index is 13.5. The van der Waals surface area contributed by atoms with Gasteiger partial charge >= 0.3 is 10.1 Å². The maximum Gasteiger partial charge on any atom is 0.310 e. The third kappa shape index (κ3) is 6.06. The van der Waals surface area contributed by atoms with E-state index in [4.69, 9.17) is 4.18 Å². The highest BCUT2D eigenvalue weighted by Crippen LogP contribution is 2.27. The number of fused-ring (bicyclic) bond motifs is 1. The van der Waals surface area contributed by atoms with Crippen LogP contribution in [0.5, 0.6) is 5.88 Å². The standard InChI is InChI=1S/C27H28N6O5S/c1-2-39(36,37)38-24-13-12-23(25(31-24)27(35)28-16-18-6-5-7-18)30-26(34)22-11-10-19(17-33-15-14-29-32-33)20-8-3-4-9-21(20)22/h3-4,8-15,18H,2,5-7,16-17H2,1H3,(H,28,35)(H,30,34). The summed E-state index contributed by atoms with van der Waals surface area (Å²) in [7, 11) is -3.85. The van der Waals surface area contributed by atoms with Crippen molar-refractivity contribution in [3.05, 3.63) is 77.7 Å². The van der Waals surface area contributed by atoms with Gasteiger partial charge < -0.3 is 14.8 Å². The molecule has 2 heterocycles. The van der Waals surface area contributed by atoms with Crippen molar-refractivity contribution in [2.24, 2.45) is 5.92 Å². The zero-order chi connectivity index (χ0) is 27.4. The second-order valence-corrected chi connectivity index (χ2v) is 11.2. The van der Waals surface area contributed by atoms with Crippen LogP contribution in [0.15, 0.2) is 60.9 Å². The molecule has 4 aromatic rings. The van der Waals surface area contributed by atoms with Gasteiger partial charge in [-0.15, -0.1) is 5.10 Å². The summed E-state index contributed by atoms with van der Waals surface area (Å²) in [5.41, 5.74) is 1.38. The van der Waals surface area contributed by atoms with Gasteiger partial charge in [0.05, 0.1) is 24.2 Å². The summed E-state index contributed by atoms with van der Waals surface area (Å²) in [5.74, 6) is -1.07. The van der Waals surface area contributed by atoms with E-state index in [1.54, 1.807) is 23.1 Å². The van der Waals surface area contributed by atoms with Crippen LogP contribution in [0.2, 0.25) is 0 Å². The van der Waals surface area contributed by atoms with Crippen LogP contribution in [-0.2, 0) is 16.7 Å². The first-order valence-electron chi connectivity index (χ1n) is 12.7. The second kappa shape index (κ2) is 11.2. The molecule has 12 heteroatoms. The van der Waals surface area contributed by atoms with Gasteiger partial charge in [-0.1, -0.05) is 42.0 Å². The summed E-state index contributed by atoms with van der Waals surface area (Å²) >= 11 is 0. The third-order valence-corrected chi connectivity index (χ3v) is 7.87. The number of pyridine rings is 1. The number of aromatic nitrogens is 4. The van der Waals surface area contributed by atoms with Gasteiger partial charge in [0.2, 0.25) is 5.88 Å². The topological polar surface area (TPSA) is 145 Å². The summed E-state index contributed by atoms with van der Waals surface area (Å²) in [4.78, 5) is 30.7. The highest BCUT2D eigenvalue weighted by atomic mass is 32.2. The zero-order valence-electron chi connectivity index (χ0n) is 21.3. The van der Waals surface area contributed by atoms with Gasteiger partial charge in [-0.05, 0) is 54.2 Å². The number of rotatable bonds is 10. The number of carbonyl (C=O) groups is 2. The molecule has 0 unspecified atom stereocenters. The van der Waals surface area contributed by atoms with E-state index in [1.807, 2.05) is 30.3 Å². The third-order valence-electron chi connectivity index (χ3n) is 6.74. The van der Waals surface area contributed by atoms with E-state index in [0.717, 1.165) is 35.6 Å². The Morgan fingerprint density at radius 2 is 1.85 bits per heavy atom. The van der Waals surface area contributed by atoms with Gasteiger partial charge in [0, 0.05) is 24.4 Å². The normalized spacial score (nSPS) is 13.6. The number of benzene rings is 2. The average molecular weight is 549 g/mol. The van der Waals surface area contributed by atoms with Gasteiger partial charge in [-0.2, -0.15) is 8.42 Å². The molecule has 1 saturated carbocycles. The fourth-order valence-electron chi connectivity index (χ4n) is 4.35. The quantitative estimate of drug-likeness (QED) is 0.287. The van der Waals surface area contributed by atoms with Crippen molar-refractivity contribution >= 4 is 38.4 Å². The number of carbonyl (C=O) groups excluding carboxylic acids is 2. The van der Waals surface area contributed by atoms with Crippen molar-refractivity contribution in [1.29, 1.82) is 0 Å². The molecule has 0 saturated heterocycles. The molecule has 5 rings (SSSR count). The van der Waals surface area contributed by atoms with E-state index in [1.165, 1.54) is 19.1 Å². The largest absolute Gasteiger partial charge is 0.362 e. The van der Waals surface area contributed by atoms with Gasteiger partial charge in [0.25, 0.3) is 11.8 Å². The van der Waals surface area contributed by atoms with Gasteiger partial charge in [-0.25, -0.2) is 9.67 Å². The van der Waals surface area contributed by atoms with Crippen LogP contribution in [0, 0.1) is 5.92 Å². The van der Waals surface area contributed by atoms with E-state index < -0.39 is 21.9 Å². The molecule has 0 atom stereocenters. The molecular weight excluding hydrogens is 520 g/mol. The Bertz CT molecular complexity index is 1620. The molecule has 0 bridgehead atoms. The second-order valence-electron chi connectivity index (χ2n) is 9.35. The number of amides is 2. The van der Waals surface area contributed by atoms with Gasteiger partial charge in [-0.3, -0.25) is 9.59 Å². The Hall–Kier alpha value is -4.32. The lowest BCUT2D eigenvalue weighted by atomic mass is 9.85. The first kappa shape index (κ1) is 26.3. The number of hydrogen-bond donors (Lipinski definition) is 2. The molecular formula is C27H28N6O5S. The van der Waals surface area contributed by atoms with Crippen molar-refractivity contribution in [2.45, 2.75) is 32.7 Å². The molecule has 1 aliphatic carbocycles. The molecule has 2 N–H and O–H groups in total. The molecule has 2 aromatic carbocycles. The van der Waals surface area contributed by atoms with Crippen LogP contribution in [-0.4, -0.2) is 52.5 Å². The molecule has 2 aromatic heterocycles. The van der Waals surface area contributed by atoms with E-state index in [-0.39, 0.29) is 23.0 Å². The van der Waals surface area contributed by atoms with Crippen molar-refractivity contribution in [3.63, 3.8) is 0 Å². The SMILES string of the molecule is CCS(=O)(=O)Oc1ccc(NC(=O)c2ccc(Cn3ccnn3)c3ccccc23)c(C(=O)NCC2CCC2)n1. The van der Waals surface area contributed by atoms with Crippen molar-refractivity contribution in [1.82, 2.24) is 25.3 Å². The number of nitrogens with one attached hydrogen (secondary N) is 2. The number of anilines is 1. The predicted octanol–water partition coefficient (Wildman–Crippen LogP) is 3.39. The first-order chi connectivity index (χ1) is 18.8. The summed E-state index contributed by atoms with van der Waals surface area (Å²) in [6.45, 7) is 2.40. The Morgan fingerprint density at radius 3 is 2.54 bits per heavy atom. The smallest absolute Gasteiger partial charge is 0.310 e. The zero-order valence-corrected chi connectivity index (χ0v) is 22.1. The first-order valence-corrected chi connectivity index (χ1v) is 14.3. The van der Waals surface area contributed by atoms with Crippen molar-refractivity contribution in [3.8, 4) is 5.88 Å². The fraction of sp³-hybridized carbons (Fsp3) is 0.296. The van der Waals surface area contributed by atoms with E-state index in [9.17, 15) is 18.0 Å². The van der Waals surface area contributed by atoms with E-state index in [2.05, 4.69) is 25.9 Å². The number of hydrogen-bond acceptors (Lipinski definition) is 8. The highest BCUT2D eigenvalue weighted by molar-refractivity contribution is 7.87. The minimum atomic E-state index is -3.85. The lowest BCUT2D eigenvalue weighted by Crippen LogP contribution is -2.33. The van der Waals surface area contributed by atoms with Crippen LogP contribution in [0.4, 0.5) is 5.69 Å². The highest BCUT2D eigenvalue weighted by Gasteiger charge is 2.23. The summed E-state index contributed by atoms with van der Waals surface area (Å²) < 4.78 is 30.7. The molecule has 0 radical (unpaired) electrons. The summed E-state index contributed by atoms with van der Waals surface area (Å²) in [6, 6.07) is 13.8. The van der Waals surface area contributed by atoms with Gasteiger partial charge in [0.15, 0.2) is 5.69 Å². The fourth-order valence-corrected chi connectivity index (χ4v) is 4.82. The maximum atomic E-state index is 13.5. The summed E-state index contributed by atoms with van der Waals surface area (Å²) in [6.07, 6.45) is 6.57. The lowest BCUT2D eigenvalue weighted by molar-refractivity contribution is 0.0934. The molecule has 0 spiro atoms. The van der Waals surface area contributed by atoms with Crippen molar-refractivity contribution < 1.29 is 22.2 Å². The summed E-state index contributed by atoms with van der Waals surface area (Å²) in [5, 5.41) is 15.1. The van der Waals surface area contributed by atoms with Crippen LogP contribution >= 0.6 is 0 Å². The van der Waals surface area contributed by atoms with E-state index >= 15 is 0 Å². The monoisotopic (exact) mass is 548 g/mol. The van der Waals surface area contributed by atoms with Crippen LogP contribution in [0.25, 0.3) is 10.8 Å². The number of nitrogens with zero attached hydrogens (tertiary/aromatic N) is 4. The van der Waals surface area contributed by atoms with Crippen LogP contribution in [0.1, 0.15) is 52.6 Å². The Balaban J connectivity index is 1.44. The Labute approximate surface area is 225 Å². The Morgan fingerprint density at radius 1 is 1.05 bits per heavy atom. The Kier molecular flexibility index (Phi) is 7.55. The van der Waals surface area contributed by atoms with E-state index in [0.29, 0.717) is 24.6 Å². The molecule has 2 amide bonds. The lowest BCUT2D eigenvalue weighted by Gasteiger charge is -2.25.